The normalized spacial score (nSPS) is 25.8. The van der Waals surface area contributed by atoms with Crippen LogP contribution in [0.25, 0.3) is 0 Å². The third-order valence-corrected chi connectivity index (χ3v) is 3.54. The van der Waals surface area contributed by atoms with Gasteiger partial charge in [0.25, 0.3) is 0 Å². The lowest BCUT2D eigenvalue weighted by atomic mass is 9.79. The van der Waals surface area contributed by atoms with Gasteiger partial charge in [0.05, 0.1) is 12.1 Å². The fourth-order valence-electron chi connectivity index (χ4n) is 2.44. The van der Waals surface area contributed by atoms with Gasteiger partial charge >= 0.3 is 5.97 Å². The highest BCUT2D eigenvalue weighted by Gasteiger charge is 2.42. The Bertz CT molecular complexity index is 334. The fraction of sp³-hybridized carbons (Fsp3) is 0.846. The molecule has 3 unspecified atom stereocenters. The van der Waals surface area contributed by atoms with Crippen LogP contribution in [0.3, 0.4) is 0 Å². The van der Waals surface area contributed by atoms with Crippen molar-refractivity contribution >= 4 is 11.9 Å². The number of hydrogen-bond acceptors (Lipinski definition) is 3. The standard InChI is InChI=1S/C13H23NO4/c1-8-9(6-7-18-8)14(5)11(15)10(12(16)17)13(2,3)4/h8-10H,6-7H2,1-5H3,(H,16,17). The van der Waals surface area contributed by atoms with Crippen LogP contribution in [-0.2, 0) is 14.3 Å². The van der Waals surface area contributed by atoms with E-state index in [0.717, 1.165) is 6.42 Å². The minimum Gasteiger partial charge on any atom is -0.481 e. The fourth-order valence-corrected chi connectivity index (χ4v) is 2.44. The van der Waals surface area contributed by atoms with Gasteiger partial charge in [-0.3, -0.25) is 9.59 Å². The summed E-state index contributed by atoms with van der Waals surface area (Å²) in [6, 6.07) is -0.0262. The van der Waals surface area contributed by atoms with Crippen molar-refractivity contribution in [1.82, 2.24) is 4.90 Å². The van der Waals surface area contributed by atoms with Crippen molar-refractivity contribution in [2.24, 2.45) is 11.3 Å². The summed E-state index contributed by atoms with van der Waals surface area (Å²) in [5, 5.41) is 9.26. The van der Waals surface area contributed by atoms with Gasteiger partial charge in [-0.05, 0) is 18.8 Å². The van der Waals surface area contributed by atoms with Gasteiger partial charge in [-0.1, -0.05) is 20.8 Å². The van der Waals surface area contributed by atoms with Gasteiger partial charge in [-0.25, -0.2) is 0 Å². The maximum absolute atomic E-state index is 12.4. The van der Waals surface area contributed by atoms with Gasteiger partial charge in [-0.2, -0.15) is 0 Å². The van der Waals surface area contributed by atoms with E-state index in [4.69, 9.17) is 4.74 Å². The number of amides is 1. The summed E-state index contributed by atoms with van der Waals surface area (Å²) in [4.78, 5) is 25.2. The monoisotopic (exact) mass is 257 g/mol. The van der Waals surface area contributed by atoms with Crippen LogP contribution in [0.2, 0.25) is 0 Å². The molecule has 0 bridgehead atoms. The zero-order chi connectivity index (χ0) is 14.1. The average molecular weight is 257 g/mol. The Labute approximate surface area is 108 Å². The molecule has 0 aromatic carbocycles. The van der Waals surface area contributed by atoms with Gasteiger partial charge in [0, 0.05) is 13.7 Å². The van der Waals surface area contributed by atoms with Gasteiger partial charge in [-0.15, -0.1) is 0 Å². The van der Waals surface area contributed by atoms with Gasteiger partial charge in [0.15, 0.2) is 0 Å². The summed E-state index contributed by atoms with van der Waals surface area (Å²) in [6.45, 7) is 7.84. The van der Waals surface area contributed by atoms with E-state index in [9.17, 15) is 14.7 Å². The molecular formula is C13H23NO4. The van der Waals surface area contributed by atoms with Crippen molar-refractivity contribution in [2.75, 3.05) is 13.7 Å². The van der Waals surface area contributed by atoms with E-state index in [-0.39, 0.29) is 18.1 Å². The van der Waals surface area contributed by atoms with Crippen LogP contribution in [0.5, 0.6) is 0 Å². The third-order valence-electron chi connectivity index (χ3n) is 3.54. The highest BCUT2D eigenvalue weighted by Crippen LogP contribution is 2.30. The number of nitrogens with zero attached hydrogens (tertiary/aromatic N) is 1. The number of carbonyl (C=O) groups excluding carboxylic acids is 1. The molecule has 1 heterocycles. The molecule has 1 rings (SSSR count). The third kappa shape index (κ3) is 3.02. The molecular weight excluding hydrogens is 234 g/mol. The Morgan fingerprint density at radius 3 is 2.28 bits per heavy atom. The first-order valence-electron chi connectivity index (χ1n) is 6.27. The van der Waals surface area contributed by atoms with E-state index in [1.807, 2.05) is 6.92 Å². The quantitative estimate of drug-likeness (QED) is 0.775. The van der Waals surface area contributed by atoms with E-state index in [2.05, 4.69) is 0 Å². The molecule has 0 aromatic rings. The Hall–Kier alpha value is -1.10. The van der Waals surface area contributed by atoms with Crippen molar-refractivity contribution in [3.63, 3.8) is 0 Å². The first-order valence-corrected chi connectivity index (χ1v) is 6.27. The minimum absolute atomic E-state index is 0.0262. The topological polar surface area (TPSA) is 66.8 Å². The SMILES string of the molecule is CC1OCCC1N(C)C(=O)C(C(=O)O)C(C)(C)C. The Balaban J connectivity index is 2.87. The second-order valence-electron chi connectivity index (χ2n) is 6.02. The molecule has 1 aliphatic rings. The maximum Gasteiger partial charge on any atom is 0.316 e. The molecule has 5 nitrogen and oxygen atoms in total. The summed E-state index contributed by atoms with van der Waals surface area (Å²) in [5.74, 6) is -2.42. The molecule has 1 N–H and O–H groups in total. The number of carboxylic acid groups (broad SMARTS) is 1. The number of ether oxygens (including phenoxy) is 1. The van der Waals surface area contributed by atoms with Crippen LogP contribution in [0.15, 0.2) is 0 Å². The smallest absolute Gasteiger partial charge is 0.316 e. The van der Waals surface area contributed by atoms with Crippen LogP contribution >= 0.6 is 0 Å². The molecule has 1 aliphatic heterocycles. The number of hydrogen-bond donors (Lipinski definition) is 1. The highest BCUT2D eigenvalue weighted by atomic mass is 16.5. The van der Waals surface area contributed by atoms with Gasteiger partial charge < -0.3 is 14.7 Å². The second-order valence-corrected chi connectivity index (χ2v) is 6.02. The van der Waals surface area contributed by atoms with Crippen molar-refractivity contribution < 1.29 is 19.4 Å². The summed E-state index contributed by atoms with van der Waals surface area (Å²) in [6.07, 6.45) is 0.730. The first kappa shape index (κ1) is 15.0. The van der Waals surface area contributed by atoms with Crippen LogP contribution in [-0.4, -0.2) is 47.7 Å². The van der Waals surface area contributed by atoms with E-state index >= 15 is 0 Å². The molecule has 5 heteroatoms. The zero-order valence-electron chi connectivity index (χ0n) is 11.8. The summed E-state index contributed by atoms with van der Waals surface area (Å²) >= 11 is 0. The van der Waals surface area contributed by atoms with Crippen LogP contribution in [0.4, 0.5) is 0 Å². The molecule has 1 amide bonds. The molecule has 3 atom stereocenters. The molecule has 104 valence electrons. The van der Waals surface area contributed by atoms with Crippen molar-refractivity contribution in [3.8, 4) is 0 Å². The van der Waals surface area contributed by atoms with Crippen molar-refractivity contribution in [1.29, 1.82) is 0 Å². The maximum atomic E-state index is 12.4. The van der Waals surface area contributed by atoms with Crippen LogP contribution in [0, 0.1) is 11.3 Å². The Morgan fingerprint density at radius 1 is 1.39 bits per heavy atom. The predicted octanol–water partition coefficient (Wildman–Crippen LogP) is 1.37. The van der Waals surface area contributed by atoms with Crippen molar-refractivity contribution in [3.05, 3.63) is 0 Å². The lowest BCUT2D eigenvalue weighted by Crippen LogP contribution is -2.49. The lowest BCUT2D eigenvalue weighted by molar-refractivity contribution is -0.157. The molecule has 1 saturated heterocycles. The molecule has 0 saturated carbocycles. The molecule has 18 heavy (non-hydrogen) atoms. The average Bonchev–Trinajstić information content (AvgIpc) is 2.60. The Morgan fingerprint density at radius 2 is 1.94 bits per heavy atom. The lowest BCUT2D eigenvalue weighted by Gasteiger charge is -2.33. The van der Waals surface area contributed by atoms with E-state index in [1.165, 1.54) is 0 Å². The Kier molecular flexibility index (Phi) is 4.37. The zero-order valence-corrected chi connectivity index (χ0v) is 11.8. The first-order chi connectivity index (χ1) is 8.16. The summed E-state index contributed by atoms with van der Waals surface area (Å²) in [5.41, 5.74) is -0.597. The molecule has 1 fully saturated rings. The van der Waals surface area contributed by atoms with Crippen LogP contribution in [0.1, 0.15) is 34.1 Å². The van der Waals surface area contributed by atoms with Gasteiger partial charge in [0.1, 0.15) is 5.92 Å². The number of likely N-dealkylation sites (N-methyl/N-ethyl adjacent to an activating group) is 1. The molecule has 0 spiro atoms. The minimum atomic E-state index is -1.06. The van der Waals surface area contributed by atoms with E-state index in [1.54, 1.807) is 32.7 Å². The van der Waals surface area contributed by atoms with E-state index < -0.39 is 17.3 Å². The number of carbonyl (C=O) groups is 2. The molecule has 0 radical (unpaired) electrons. The largest absolute Gasteiger partial charge is 0.481 e. The highest BCUT2D eigenvalue weighted by molar-refractivity contribution is 5.97. The second kappa shape index (κ2) is 5.26. The summed E-state index contributed by atoms with van der Waals surface area (Å²) in [7, 11) is 1.67. The number of carboxylic acids is 1. The molecule has 0 aliphatic carbocycles. The van der Waals surface area contributed by atoms with Gasteiger partial charge in [0.2, 0.25) is 5.91 Å². The van der Waals surface area contributed by atoms with Crippen molar-refractivity contribution in [2.45, 2.75) is 46.3 Å². The van der Waals surface area contributed by atoms with Crippen LogP contribution < -0.4 is 0 Å². The number of rotatable bonds is 3. The summed E-state index contributed by atoms with van der Waals surface area (Å²) < 4.78 is 5.42. The van der Waals surface area contributed by atoms with E-state index in [0.29, 0.717) is 6.61 Å². The predicted molar refractivity (Wildman–Crippen MR) is 67.2 cm³/mol. The number of aliphatic carboxylic acids is 1. The molecule has 0 aromatic heterocycles.